The number of hydrogen-bond donors (Lipinski definition) is 0. The van der Waals surface area contributed by atoms with Crippen LogP contribution in [0.25, 0.3) is 0 Å². The van der Waals surface area contributed by atoms with Crippen molar-refractivity contribution in [1.82, 2.24) is 0 Å². The maximum absolute atomic E-state index is 13.0. The molecule has 1 aromatic carbocycles. The quantitative estimate of drug-likeness (QED) is 0.487. The Morgan fingerprint density at radius 2 is 1.67 bits per heavy atom. The van der Waals surface area contributed by atoms with Crippen LogP contribution in [-0.2, 0) is 14.3 Å². The van der Waals surface area contributed by atoms with Gasteiger partial charge in [-0.1, -0.05) is 24.3 Å². The molecule has 0 spiro atoms. The van der Waals surface area contributed by atoms with Crippen molar-refractivity contribution in [3.63, 3.8) is 0 Å². The number of hydrogen-bond acceptors (Lipinski definition) is 4. The van der Waals surface area contributed by atoms with Gasteiger partial charge in [-0.05, 0) is 43.7 Å². The largest absolute Gasteiger partial charge is 0.462 e. The molecule has 1 heterocycles. The number of esters is 1. The summed E-state index contributed by atoms with van der Waals surface area (Å²) in [6, 6.07) is 6.68. The zero-order valence-corrected chi connectivity index (χ0v) is 13.5. The number of ether oxygens (including phenoxy) is 1. The highest BCUT2D eigenvalue weighted by Gasteiger charge is 2.57. The molecule has 124 valence electrons. The Morgan fingerprint density at radius 3 is 2.21 bits per heavy atom. The smallest absolute Gasteiger partial charge is 0.340 e. The van der Waals surface area contributed by atoms with Crippen LogP contribution in [0.2, 0.25) is 0 Å². The lowest BCUT2D eigenvalue weighted by Crippen LogP contribution is -2.38. The lowest BCUT2D eigenvalue weighted by atomic mass is 9.63. The third-order valence-electron chi connectivity index (χ3n) is 5.40. The molecule has 0 radical (unpaired) electrons. The molecule has 3 aliphatic carbocycles. The average Bonchev–Trinajstić information content (AvgIpc) is 2.89. The molecule has 1 aromatic rings. The second-order valence-corrected chi connectivity index (χ2v) is 6.59. The number of benzene rings is 1. The molecular formula is C19H19NO4. The van der Waals surface area contributed by atoms with Crippen molar-refractivity contribution in [2.45, 2.75) is 19.8 Å². The fourth-order valence-corrected chi connectivity index (χ4v) is 4.36. The molecule has 4 atom stereocenters. The van der Waals surface area contributed by atoms with Gasteiger partial charge in [-0.3, -0.25) is 9.59 Å². The zero-order chi connectivity index (χ0) is 16.8. The summed E-state index contributed by atoms with van der Waals surface area (Å²) in [5, 5.41) is 0. The normalized spacial score (nSPS) is 30.6. The first-order valence-electron chi connectivity index (χ1n) is 8.45. The number of anilines is 1. The highest BCUT2D eigenvalue weighted by molar-refractivity contribution is 6.24. The number of imide groups is 1. The van der Waals surface area contributed by atoms with Crippen LogP contribution in [0.1, 0.15) is 30.1 Å². The van der Waals surface area contributed by atoms with Crippen molar-refractivity contribution in [3.8, 4) is 0 Å². The molecule has 5 nitrogen and oxygen atoms in total. The van der Waals surface area contributed by atoms with E-state index >= 15 is 0 Å². The number of nitrogens with zero attached hydrogens (tertiary/aromatic N) is 1. The molecule has 1 aliphatic heterocycles. The van der Waals surface area contributed by atoms with E-state index in [1.807, 2.05) is 0 Å². The van der Waals surface area contributed by atoms with Gasteiger partial charge in [0.1, 0.15) is 0 Å². The Morgan fingerprint density at radius 1 is 1.08 bits per heavy atom. The first-order chi connectivity index (χ1) is 11.6. The lowest BCUT2D eigenvalue weighted by Gasteiger charge is -2.38. The molecule has 0 N–H and O–H groups in total. The number of carbonyl (C=O) groups is 3. The molecule has 2 bridgehead atoms. The molecule has 2 fully saturated rings. The van der Waals surface area contributed by atoms with E-state index in [1.54, 1.807) is 31.2 Å². The minimum Gasteiger partial charge on any atom is -0.462 e. The monoisotopic (exact) mass is 325 g/mol. The van der Waals surface area contributed by atoms with Crippen LogP contribution in [0.3, 0.4) is 0 Å². The van der Waals surface area contributed by atoms with Crippen LogP contribution in [0, 0.1) is 23.7 Å². The number of fused-ring (bicyclic) bond motifs is 1. The Labute approximate surface area is 140 Å². The summed E-state index contributed by atoms with van der Waals surface area (Å²) in [5.41, 5.74) is 0.611. The van der Waals surface area contributed by atoms with Crippen molar-refractivity contribution < 1.29 is 19.1 Å². The number of rotatable bonds is 3. The highest BCUT2D eigenvalue weighted by atomic mass is 16.5. The van der Waals surface area contributed by atoms with Gasteiger partial charge in [0.2, 0.25) is 11.8 Å². The van der Waals surface area contributed by atoms with E-state index in [0.717, 1.165) is 12.8 Å². The predicted molar refractivity (Wildman–Crippen MR) is 87.2 cm³/mol. The van der Waals surface area contributed by atoms with Gasteiger partial charge in [-0.15, -0.1) is 0 Å². The van der Waals surface area contributed by atoms with E-state index in [1.165, 1.54) is 4.90 Å². The fraction of sp³-hybridized carbons (Fsp3) is 0.421. The van der Waals surface area contributed by atoms with Crippen LogP contribution in [0.4, 0.5) is 5.69 Å². The summed E-state index contributed by atoms with van der Waals surface area (Å²) in [6.45, 7) is 1.97. The van der Waals surface area contributed by atoms with Gasteiger partial charge in [-0.25, -0.2) is 9.69 Å². The molecule has 24 heavy (non-hydrogen) atoms. The van der Waals surface area contributed by atoms with Crippen molar-refractivity contribution in [2.75, 3.05) is 11.5 Å². The lowest BCUT2D eigenvalue weighted by molar-refractivity contribution is -0.124. The van der Waals surface area contributed by atoms with E-state index in [4.69, 9.17) is 4.74 Å². The van der Waals surface area contributed by atoms with Crippen LogP contribution >= 0.6 is 0 Å². The van der Waals surface area contributed by atoms with Gasteiger partial charge in [0.15, 0.2) is 0 Å². The van der Waals surface area contributed by atoms with E-state index in [9.17, 15) is 14.4 Å². The van der Waals surface area contributed by atoms with Crippen LogP contribution in [-0.4, -0.2) is 24.4 Å². The van der Waals surface area contributed by atoms with E-state index in [0.29, 0.717) is 5.69 Å². The van der Waals surface area contributed by atoms with Gasteiger partial charge in [0, 0.05) is 0 Å². The topological polar surface area (TPSA) is 63.7 Å². The van der Waals surface area contributed by atoms with E-state index in [2.05, 4.69) is 12.2 Å². The Balaban J connectivity index is 1.75. The Hall–Kier alpha value is -2.43. The molecule has 2 amide bonds. The molecular weight excluding hydrogens is 306 g/mol. The van der Waals surface area contributed by atoms with E-state index < -0.39 is 5.97 Å². The van der Waals surface area contributed by atoms with Crippen LogP contribution in [0.15, 0.2) is 36.4 Å². The molecule has 0 aromatic heterocycles. The maximum atomic E-state index is 13.0. The number of allylic oxidation sites excluding steroid dienone is 2. The molecule has 5 rings (SSSR count). The Bertz CT molecular complexity index is 721. The average molecular weight is 325 g/mol. The summed E-state index contributed by atoms with van der Waals surface area (Å²) in [5.74, 6) is -1.16. The fourth-order valence-electron chi connectivity index (χ4n) is 4.36. The first-order valence-corrected chi connectivity index (χ1v) is 8.45. The minimum atomic E-state index is -0.510. The van der Waals surface area contributed by atoms with Gasteiger partial charge in [-0.2, -0.15) is 0 Å². The van der Waals surface area contributed by atoms with E-state index in [-0.39, 0.29) is 47.7 Å². The third kappa shape index (κ3) is 2.04. The second-order valence-electron chi connectivity index (χ2n) is 6.59. The maximum Gasteiger partial charge on any atom is 0.340 e. The third-order valence-corrected chi connectivity index (χ3v) is 5.40. The van der Waals surface area contributed by atoms with Crippen molar-refractivity contribution in [1.29, 1.82) is 0 Å². The summed E-state index contributed by atoms with van der Waals surface area (Å²) in [4.78, 5) is 39.4. The SMILES string of the molecule is CCOC(=O)c1ccccc1N1C(=O)[C@@H]2[C@H](C1=O)[C@@H]1C=C[C@@H]2CC1. The molecule has 5 heteroatoms. The summed E-state index contributed by atoms with van der Waals surface area (Å²) in [7, 11) is 0. The number of para-hydroxylation sites is 1. The first kappa shape index (κ1) is 15.1. The number of carbonyl (C=O) groups excluding carboxylic acids is 3. The van der Waals surface area contributed by atoms with Crippen LogP contribution < -0.4 is 4.90 Å². The van der Waals surface area contributed by atoms with Crippen molar-refractivity contribution in [2.24, 2.45) is 23.7 Å². The van der Waals surface area contributed by atoms with Crippen molar-refractivity contribution in [3.05, 3.63) is 42.0 Å². The van der Waals surface area contributed by atoms with Gasteiger partial charge < -0.3 is 4.74 Å². The van der Waals surface area contributed by atoms with Gasteiger partial charge in [0.25, 0.3) is 0 Å². The number of amides is 2. The highest BCUT2D eigenvalue weighted by Crippen LogP contribution is 2.50. The van der Waals surface area contributed by atoms with Crippen LogP contribution in [0.5, 0.6) is 0 Å². The zero-order valence-electron chi connectivity index (χ0n) is 13.5. The molecule has 1 saturated carbocycles. The predicted octanol–water partition coefficient (Wildman–Crippen LogP) is 2.56. The molecule has 4 aliphatic rings. The van der Waals surface area contributed by atoms with Gasteiger partial charge in [0.05, 0.1) is 29.7 Å². The second kappa shape index (κ2) is 5.58. The molecule has 1 saturated heterocycles. The summed E-state index contributed by atoms with van der Waals surface area (Å²) in [6.07, 6.45) is 6.08. The standard InChI is InChI=1S/C19H19NO4/c1-2-24-19(23)13-5-3-4-6-14(13)20-17(21)15-11-7-8-12(10-9-11)16(15)18(20)22/h3-8,11-12,15-16H,2,9-10H2,1H3/t11-,12-,15-,16+/m1/s1. The Kier molecular flexibility index (Phi) is 3.52. The minimum absolute atomic E-state index is 0.135. The summed E-state index contributed by atoms with van der Waals surface area (Å²) >= 11 is 0. The molecule has 0 unspecified atom stereocenters. The van der Waals surface area contributed by atoms with Crippen molar-refractivity contribution >= 4 is 23.5 Å². The van der Waals surface area contributed by atoms with Gasteiger partial charge >= 0.3 is 5.97 Å². The summed E-state index contributed by atoms with van der Waals surface area (Å²) < 4.78 is 5.07.